The van der Waals surface area contributed by atoms with Crippen LogP contribution in [0, 0.1) is 12.7 Å². The van der Waals surface area contributed by atoms with Crippen LogP contribution in [0.1, 0.15) is 22.2 Å². The zero-order valence-corrected chi connectivity index (χ0v) is 8.96. The Kier molecular flexibility index (Phi) is 2.79. The zero-order chi connectivity index (χ0) is 10.8. The molecule has 0 aromatic carbocycles. The molecule has 0 aliphatic heterocycles. The largest absolute Gasteiger partial charge is 0.381 e. The van der Waals surface area contributed by atoms with Gasteiger partial charge in [0.2, 0.25) is 0 Å². The first-order chi connectivity index (χ1) is 7.18. The van der Waals surface area contributed by atoms with E-state index in [2.05, 4.69) is 4.98 Å². The van der Waals surface area contributed by atoms with Crippen LogP contribution in [0.2, 0.25) is 0 Å². The van der Waals surface area contributed by atoms with Gasteiger partial charge in [0.05, 0.1) is 11.9 Å². The van der Waals surface area contributed by atoms with Crippen molar-refractivity contribution in [2.24, 2.45) is 0 Å². The van der Waals surface area contributed by atoms with Gasteiger partial charge in [0.25, 0.3) is 0 Å². The molecule has 1 unspecified atom stereocenters. The van der Waals surface area contributed by atoms with E-state index in [1.807, 2.05) is 18.4 Å². The Morgan fingerprint density at radius 3 is 2.73 bits per heavy atom. The van der Waals surface area contributed by atoms with Crippen molar-refractivity contribution in [3.63, 3.8) is 0 Å². The summed E-state index contributed by atoms with van der Waals surface area (Å²) in [5, 5.41) is 11.9. The summed E-state index contributed by atoms with van der Waals surface area (Å²) in [7, 11) is 0. The molecular weight excluding hydrogens is 213 g/mol. The van der Waals surface area contributed by atoms with Gasteiger partial charge in [0, 0.05) is 4.88 Å². The molecule has 1 N–H and O–H groups in total. The van der Waals surface area contributed by atoms with Crippen LogP contribution in [-0.4, -0.2) is 10.1 Å². The molecule has 0 saturated carbocycles. The fraction of sp³-hybridized carbons (Fsp3) is 0.182. The van der Waals surface area contributed by atoms with Crippen molar-refractivity contribution >= 4 is 11.3 Å². The standard InChI is InChI=1S/C11H10FNOS/c1-7-4-5-15-11(7)10(14)9-3-2-8(12)6-13-9/h2-6,10,14H,1H3. The highest BCUT2D eigenvalue weighted by Crippen LogP contribution is 2.27. The van der Waals surface area contributed by atoms with Gasteiger partial charge in [-0.25, -0.2) is 4.39 Å². The van der Waals surface area contributed by atoms with Crippen LogP contribution in [0.15, 0.2) is 29.8 Å². The predicted molar refractivity (Wildman–Crippen MR) is 57.3 cm³/mol. The number of nitrogens with zero attached hydrogens (tertiary/aromatic N) is 1. The Bertz CT molecular complexity index is 452. The van der Waals surface area contributed by atoms with Crippen molar-refractivity contribution in [2.75, 3.05) is 0 Å². The molecule has 2 nitrogen and oxygen atoms in total. The van der Waals surface area contributed by atoms with Crippen molar-refractivity contribution in [2.45, 2.75) is 13.0 Å². The Morgan fingerprint density at radius 2 is 2.20 bits per heavy atom. The van der Waals surface area contributed by atoms with Crippen LogP contribution in [-0.2, 0) is 0 Å². The molecular formula is C11H10FNOS. The number of hydrogen-bond donors (Lipinski definition) is 1. The fourth-order valence-corrected chi connectivity index (χ4v) is 2.27. The van der Waals surface area contributed by atoms with Crippen LogP contribution in [0.4, 0.5) is 4.39 Å². The lowest BCUT2D eigenvalue weighted by molar-refractivity contribution is 0.218. The van der Waals surface area contributed by atoms with E-state index in [0.717, 1.165) is 16.6 Å². The van der Waals surface area contributed by atoms with Crippen LogP contribution in [0.25, 0.3) is 0 Å². The van der Waals surface area contributed by atoms with E-state index in [-0.39, 0.29) is 0 Å². The Hall–Kier alpha value is -1.26. The predicted octanol–water partition coefficient (Wildman–Crippen LogP) is 2.67. The summed E-state index contributed by atoms with van der Waals surface area (Å²) in [5.74, 6) is -0.395. The number of aliphatic hydroxyl groups excluding tert-OH is 1. The van der Waals surface area contributed by atoms with Gasteiger partial charge in [0.15, 0.2) is 0 Å². The van der Waals surface area contributed by atoms with E-state index in [0.29, 0.717) is 5.69 Å². The molecule has 0 bridgehead atoms. The van der Waals surface area contributed by atoms with Crippen LogP contribution in [0.5, 0.6) is 0 Å². The number of aromatic nitrogens is 1. The molecule has 2 heterocycles. The highest BCUT2D eigenvalue weighted by molar-refractivity contribution is 7.10. The maximum Gasteiger partial charge on any atom is 0.141 e. The highest BCUT2D eigenvalue weighted by Gasteiger charge is 2.15. The van der Waals surface area contributed by atoms with Crippen LogP contribution >= 0.6 is 11.3 Å². The van der Waals surface area contributed by atoms with E-state index in [1.165, 1.54) is 23.5 Å². The molecule has 0 radical (unpaired) electrons. The van der Waals surface area contributed by atoms with Crippen LogP contribution in [0.3, 0.4) is 0 Å². The van der Waals surface area contributed by atoms with Gasteiger partial charge < -0.3 is 5.11 Å². The third-order valence-corrected chi connectivity index (χ3v) is 3.25. The van der Waals surface area contributed by atoms with Gasteiger partial charge in [-0.3, -0.25) is 4.98 Å². The summed E-state index contributed by atoms with van der Waals surface area (Å²) in [5.41, 5.74) is 1.50. The molecule has 0 aliphatic carbocycles. The lowest BCUT2D eigenvalue weighted by Crippen LogP contribution is -2.01. The van der Waals surface area contributed by atoms with Gasteiger partial charge in [-0.05, 0) is 36.1 Å². The summed E-state index contributed by atoms with van der Waals surface area (Å²) < 4.78 is 12.6. The van der Waals surface area contributed by atoms with Crippen LogP contribution < -0.4 is 0 Å². The lowest BCUT2D eigenvalue weighted by atomic mass is 10.1. The second-order valence-electron chi connectivity index (χ2n) is 3.27. The van der Waals surface area contributed by atoms with Crippen molar-refractivity contribution in [1.29, 1.82) is 0 Å². The number of thiophene rings is 1. The third kappa shape index (κ3) is 2.06. The second-order valence-corrected chi connectivity index (χ2v) is 4.22. The number of rotatable bonds is 2. The second kappa shape index (κ2) is 4.08. The lowest BCUT2D eigenvalue weighted by Gasteiger charge is -2.08. The van der Waals surface area contributed by atoms with E-state index in [1.54, 1.807) is 0 Å². The number of aryl methyl sites for hydroxylation is 1. The van der Waals surface area contributed by atoms with Crippen molar-refractivity contribution < 1.29 is 9.50 Å². The number of halogens is 1. The van der Waals surface area contributed by atoms with E-state index in [9.17, 15) is 9.50 Å². The first-order valence-electron chi connectivity index (χ1n) is 4.52. The Morgan fingerprint density at radius 1 is 1.40 bits per heavy atom. The highest BCUT2D eigenvalue weighted by atomic mass is 32.1. The summed E-state index contributed by atoms with van der Waals surface area (Å²) in [6.45, 7) is 1.93. The minimum Gasteiger partial charge on any atom is -0.381 e. The van der Waals surface area contributed by atoms with Crippen molar-refractivity contribution in [3.05, 3.63) is 51.7 Å². The van der Waals surface area contributed by atoms with E-state index in [4.69, 9.17) is 0 Å². The average molecular weight is 223 g/mol. The molecule has 0 fully saturated rings. The normalized spacial score (nSPS) is 12.7. The van der Waals surface area contributed by atoms with Crippen molar-refractivity contribution in [3.8, 4) is 0 Å². The molecule has 0 saturated heterocycles. The molecule has 2 aromatic rings. The molecule has 2 rings (SSSR count). The summed E-state index contributed by atoms with van der Waals surface area (Å²) in [6, 6.07) is 4.74. The van der Waals surface area contributed by atoms with E-state index < -0.39 is 11.9 Å². The topological polar surface area (TPSA) is 33.1 Å². The number of aliphatic hydroxyl groups is 1. The molecule has 1 atom stereocenters. The molecule has 0 amide bonds. The van der Waals surface area contributed by atoms with Gasteiger partial charge in [-0.2, -0.15) is 0 Å². The zero-order valence-electron chi connectivity index (χ0n) is 8.14. The SMILES string of the molecule is Cc1ccsc1C(O)c1ccc(F)cn1. The van der Waals surface area contributed by atoms with Gasteiger partial charge in [-0.1, -0.05) is 0 Å². The van der Waals surface area contributed by atoms with Gasteiger partial charge >= 0.3 is 0 Å². The fourth-order valence-electron chi connectivity index (χ4n) is 1.35. The first-order valence-corrected chi connectivity index (χ1v) is 5.40. The van der Waals surface area contributed by atoms with E-state index >= 15 is 0 Å². The maximum atomic E-state index is 12.6. The molecule has 15 heavy (non-hydrogen) atoms. The quantitative estimate of drug-likeness (QED) is 0.849. The van der Waals surface area contributed by atoms with Crippen molar-refractivity contribution in [1.82, 2.24) is 4.98 Å². The summed E-state index contributed by atoms with van der Waals surface area (Å²) in [6.07, 6.45) is 0.354. The van der Waals surface area contributed by atoms with Gasteiger partial charge in [0.1, 0.15) is 11.9 Å². The Balaban J connectivity index is 2.32. The average Bonchev–Trinajstić information content (AvgIpc) is 2.65. The molecule has 2 aromatic heterocycles. The third-order valence-electron chi connectivity index (χ3n) is 2.18. The molecule has 0 spiro atoms. The molecule has 4 heteroatoms. The minimum absolute atomic E-state index is 0.395. The molecule has 78 valence electrons. The summed E-state index contributed by atoms with van der Waals surface area (Å²) >= 11 is 1.47. The van der Waals surface area contributed by atoms with Gasteiger partial charge in [-0.15, -0.1) is 11.3 Å². The number of hydrogen-bond acceptors (Lipinski definition) is 3. The minimum atomic E-state index is -0.759. The number of pyridine rings is 1. The summed E-state index contributed by atoms with van der Waals surface area (Å²) in [4.78, 5) is 4.71. The maximum absolute atomic E-state index is 12.6. The smallest absolute Gasteiger partial charge is 0.141 e. The molecule has 0 aliphatic rings. The first kappa shape index (κ1) is 10.3. The Labute approximate surface area is 91.0 Å². The monoisotopic (exact) mass is 223 g/mol.